The number of hydrogen-bond donors (Lipinski definition) is 1. The third kappa shape index (κ3) is 3.04. The number of aliphatic hydroxyl groups excluding tert-OH is 1. The van der Waals surface area contributed by atoms with Crippen LogP contribution in [0.3, 0.4) is 0 Å². The van der Waals surface area contributed by atoms with Gasteiger partial charge >= 0.3 is 0 Å². The predicted molar refractivity (Wildman–Crippen MR) is 74.3 cm³/mol. The fraction of sp³-hybridized carbons (Fsp3) is 0.571. The maximum Gasteiger partial charge on any atom is 0.292 e. The molecule has 1 aliphatic rings. The lowest BCUT2D eigenvalue weighted by Crippen LogP contribution is -2.33. The fourth-order valence-corrected chi connectivity index (χ4v) is 2.78. The molecule has 0 atom stereocenters. The molecule has 0 aromatic heterocycles. The summed E-state index contributed by atoms with van der Waals surface area (Å²) in [4.78, 5) is 12.8. The molecule has 5 heteroatoms. The molecule has 0 heterocycles. The van der Waals surface area contributed by atoms with Gasteiger partial charge in [0.25, 0.3) is 5.69 Å². The van der Waals surface area contributed by atoms with E-state index in [9.17, 15) is 10.1 Å². The molecule has 0 bridgehead atoms. The monoisotopic (exact) mass is 264 g/mol. The van der Waals surface area contributed by atoms with Crippen LogP contribution in [0.15, 0.2) is 18.2 Å². The van der Waals surface area contributed by atoms with Crippen LogP contribution in [0.25, 0.3) is 0 Å². The van der Waals surface area contributed by atoms with Gasteiger partial charge in [0, 0.05) is 19.2 Å². The van der Waals surface area contributed by atoms with Gasteiger partial charge < -0.3 is 10.0 Å². The van der Waals surface area contributed by atoms with Gasteiger partial charge in [-0.1, -0.05) is 25.3 Å². The number of nitro benzene ring substituents is 1. The largest absolute Gasteiger partial charge is 0.392 e. The summed E-state index contributed by atoms with van der Waals surface area (Å²) in [5.74, 6) is 0. The Morgan fingerprint density at radius 2 is 2.05 bits per heavy atom. The van der Waals surface area contributed by atoms with Crippen molar-refractivity contribution in [1.82, 2.24) is 0 Å². The van der Waals surface area contributed by atoms with Crippen LogP contribution < -0.4 is 4.90 Å². The van der Waals surface area contributed by atoms with Gasteiger partial charge in [0.05, 0.1) is 11.5 Å². The van der Waals surface area contributed by atoms with Gasteiger partial charge in [0.1, 0.15) is 5.69 Å². The molecule has 1 saturated carbocycles. The normalized spacial score (nSPS) is 16.3. The molecule has 1 aliphatic carbocycles. The molecule has 1 aromatic carbocycles. The highest BCUT2D eigenvalue weighted by Gasteiger charge is 2.24. The predicted octanol–water partition coefficient (Wildman–Crippen LogP) is 2.86. The lowest BCUT2D eigenvalue weighted by Gasteiger charge is -2.32. The van der Waals surface area contributed by atoms with E-state index in [1.807, 2.05) is 11.9 Å². The summed E-state index contributed by atoms with van der Waals surface area (Å²) in [5.41, 5.74) is 1.31. The summed E-state index contributed by atoms with van der Waals surface area (Å²) < 4.78 is 0. The minimum Gasteiger partial charge on any atom is -0.392 e. The van der Waals surface area contributed by atoms with Crippen molar-refractivity contribution in [2.24, 2.45) is 0 Å². The molecule has 104 valence electrons. The van der Waals surface area contributed by atoms with Crippen molar-refractivity contribution >= 4 is 11.4 Å². The summed E-state index contributed by atoms with van der Waals surface area (Å²) in [5, 5.41) is 20.3. The highest BCUT2D eigenvalue weighted by Crippen LogP contribution is 2.33. The molecule has 0 saturated heterocycles. The number of benzene rings is 1. The van der Waals surface area contributed by atoms with E-state index in [2.05, 4.69) is 0 Å². The maximum absolute atomic E-state index is 11.2. The first-order valence-corrected chi connectivity index (χ1v) is 6.74. The molecule has 0 aliphatic heterocycles. The van der Waals surface area contributed by atoms with Crippen LogP contribution in [0, 0.1) is 10.1 Å². The van der Waals surface area contributed by atoms with Crippen LogP contribution in [-0.4, -0.2) is 23.1 Å². The minimum atomic E-state index is -0.367. The molecule has 0 unspecified atom stereocenters. The summed E-state index contributed by atoms with van der Waals surface area (Å²) in [6, 6.07) is 5.35. The van der Waals surface area contributed by atoms with Crippen molar-refractivity contribution in [2.45, 2.75) is 44.8 Å². The van der Waals surface area contributed by atoms with E-state index >= 15 is 0 Å². The number of hydrogen-bond acceptors (Lipinski definition) is 4. The lowest BCUT2D eigenvalue weighted by molar-refractivity contribution is -0.384. The number of anilines is 1. The number of nitro groups is 1. The lowest BCUT2D eigenvalue weighted by atomic mass is 9.94. The zero-order valence-electron chi connectivity index (χ0n) is 11.2. The Morgan fingerprint density at radius 3 is 2.63 bits per heavy atom. The SMILES string of the molecule is CN(c1ccc(CO)cc1[N+](=O)[O-])C1CCCCC1. The first-order chi connectivity index (χ1) is 9.13. The van der Waals surface area contributed by atoms with Crippen LogP contribution in [0.1, 0.15) is 37.7 Å². The standard InChI is InChI=1S/C14H20N2O3/c1-15(12-5-3-2-4-6-12)13-8-7-11(10-17)9-14(13)16(18)19/h7-9,12,17H,2-6,10H2,1H3. The highest BCUT2D eigenvalue weighted by atomic mass is 16.6. The van der Waals surface area contributed by atoms with Gasteiger partial charge in [0.15, 0.2) is 0 Å². The van der Waals surface area contributed by atoms with Gasteiger partial charge in [-0.05, 0) is 24.5 Å². The molecular weight excluding hydrogens is 244 g/mol. The Hall–Kier alpha value is -1.62. The second-order valence-electron chi connectivity index (χ2n) is 5.14. The topological polar surface area (TPSA) is 66.6 Å². The molecule has 19 heavy (non-hydrogen) atoms. The van der Waals surface area contributed by atoms with Crippen molar-refractivity contribution < 1.29 is 10.0 Å². The van der Waals surface area contributed by atoms with Gasteiger partial charge in [-0.3, -0.25) is 10.1 Å². The molecule has 0 radical (unpaired) electrons. The van der Waals surface area contributed by atoms with Crippen molar-refractivity contribution in [3.63, 3.8) is 0 Å². The maximum atomic E-state index is 11.2. The average Bonchev–Trinajstić information content (AvgIpc) is 2.46. The van der Waals surface area contributed by atoms with E-state index in [0.717, 1.165) is 12.8 Å². The van der Waals surface area contributed by atoms with Crippen molar-refractivity contribution in [3.8, 4) is 0 Å². The quantitative estimate of drug-likeness (QED) is 0.670. The minimum absolute atomic E-state index is 0.0830. The number of nitrogens with zero attached hydrogens (tertiary/aromatic N) is 2. The number of rotatable bonds is 4. The fourth-order valence-electron chi connectivity index (χ4n) is 2.78. The van der Waals surface area contributed by atoms with Crippen molar-refractivity contribution in [1.29, 1.82) is 0 Å². The Bertz CT molecular complexity index is 456. The highest BCUT2D eigenvalue weighted by molar-refractivity contribution is 5.64. The third-order valence-corrected chi connectivity index (χ3v) is 3.92. The van der Waals surface area contributed by atoms with Crippen LogP contribution in [0.5, 0.6) is 0 Å². The first-order valence-electron chi connectivity index (χ1n) is 6.74. The van der Waals surface area contributed by atoms with Crippen molar-refractivity contribution in [3.05, 3.63) is 33.9 Å². The van der Waals surface area contributed by atoms with E-state index in [1.165, 1.54) is 25.3 Å². The first kappa shape index (κ1) is 13.8. The molecule has 0 amide bonds. The second-order valence-corrected chi connectivity index (χ2v) is 5.14. The Labute approximate surface area is 113 Å². The molecule has 1 fully saturated rings. The summed E-state index contributed by atoms with van der Waals surface area (Å²) in [6.07, 6.45) is 5.83. The summed E-state index contributed by atoms with van der Waals surface area (Å²) in [7, 11) is 1.93. The Balaban J connectivity index is 2.29. The molecule has 2 rings (SSSR count). The molecule has 1 N–H and O–H groups in total. The smallest absolute Gasteiger partial charge is 0.292 e. The molecular formula is C14H20N2O3. The van der Waals surface area contributed by atoms with E-state index in [0.29, 0.717) is 17.3 Å². The van der Waals surface area contributed by atoms with Crippen LogP contribution in [0.2, 0.25) is 0 Å². The summed E-state index contributed by atoms with van der Waals surface area (Å²) in [6.45, 7) is -0.172. The average molecular weight is 264 g/mol. The Morgan fingerprint density at radius 1 is 1.37 bits per heavy atom. The zero-order valence-corrected chi connectivity index (χ0v) is 11.2. The van der Waals surface area contributed by atoms with Gasteiger partial charge in [-0.25, -0.2) is 0 Å². The van der Waals surface area contributed by atoms with E-state index < -0.39 is 0 Å². The molecule has 5 nitrogen and oxygen atoms in total. The van der Waals surface area contributed by atoms with Crippen LogP contribution in [-0.2, 0) is 6.61 Å². The third-order valence-electron chi connectivity index (χ3n) is 3.92. The van der Waals surface area contributed by atoms with Gasteiger partial charge in [-0.15, -0.1) is 0 Å². The van der Waals surface area contributed by atoms with Crippen LogP contribution in [0.4, 0.5) is 11.4 Å². The van der Waals surface area contributed by atoms with E-state index in [4.69, 9.17) is 5.11 Å². The van der Waals surface area contributed by atoms with E-state index in [-0.39, 0.29) is 17.2 Å². The second kappa shape index (κ2) is 6.02. The Kier molecular flexibility index (Phi) is 4.37. The van der Waals surface area contributed by atoms with Gasteiger partial charge in [-0.2, -0.15) is 0 Å². The molecule has 0 spiro atoms. The number of aliphatic hydroxyl groups is 1. The van der Waals surface area contributed by atoms with Gasteiger partial charge in [0.2, 0.25) is 0 Å². The summed E-state index contributed by atoms with van der Waals surface area (Å²) >= 11 is 0. The van der Waals surface area contributed by atoms with E-state index in [1.54, 1.807) is 12.1 Å². The van der Waals surface area contributed by atoms with Crippen LogP contribution >= 0.6 is 0 Å². The van der Waals surface area contributed by atoms with Crippen molar-refractivity contribution in [2.75, 3.05) is 11.9 Å². The molecule has 1 aromatic rings. The zero-order chi connectivity index (χ0) is 13.8.